The average molecular weight is 381 g/mol. The Kier molecular flexibility index (Phi) is 4.91. The van der Waals surface area contributed by atoms with Crippen molar-refractivity contribution in [2.75, 3.05) is 11.4 Å². The normalized spacial score (nSPS) is 16.9. The van der Waals surface area contributed by atoms with Crippen LogP contribution in [0.5, 0.6) is 0 Å². The summed E-state index contributed by atoms with van der Waals surface area (Å²) in [6.45, 7) is 0.875. The highest BCUT2D eigenvalue weighted by atomic mass is 35.5. The third kappa shape index (κ3) is 3.59. The van der Waals surface area contributed by atoms with E-state index >= 15 is 0 Å². The molecule has 1 saturated heterocycles. The van der Waals surface area contributed by atoms with Gasteiger partial charge in [0.15, 0.2) is 5.82 Å². The van der Waals surface area contributed by atoms with Crippen molar-refractivity contribution in [3.63, 3.8) is 0 Å². The Labute approximate surface area is 162 Å². The van der Waals surface area contributed by atoms with E-state index in [1.54, 1.807) is 12.4 Å². The van der Waals surface area contributed by atoms with E-state index in [-0.39, 0.29) is 0 Å². The van der Waals surface area contributed by atoms with Gasteiger partial charge in [0.1, 0.15) is 0 Å². The molecule has 3 heterocycles. The number of benzene rings is 1. The first-order valence-corrected chi connectivity index (χ1v) is 9.29. The third-order valence-electron chi connectivity index (χ3n) is 4.61. The third-order valence-corrected chi connectivity index (χ3v) is 5.42. The van der Waals surface area contributed by atoms with Gasteiger partial charge < -0.3 is 4.90 Å². The molecule has 0 saturated carbocycles. The molecule has 1 atom stereocenters. The molecule has 0 radical (unpaired) electrons. The first-order chi connectivity index (χ1) is 12.7. The van der Waals surface area contributed by atoms with E-state index in [0.717, 1.165) is 46.5 Å². The van der Waals surface area contributed by atoms with Crippen molar-refractivity contribution in [1.29, 1.82) is 0 Å². The second-order valence-corrected chi connectivity index (χ2v) is 7.17. The van der Waals surface area contributed by atoms with E-state index in [1.807, 2.05) is 36.4 Å². The Morgan fingerprint density at radius 2 is 1.77 bits per heavy atom. The van der Waals surface area contributed by atoms with Crippen LogP contribution >= 0.6 is 23.8 Å². The van der Waals surface area contributed by atoms with Crippen molar-refractivity contribution >= 4 is 34.6 Å². The van der Waals surface area contributed by atoms with E-state index in [2.05, 4.69) is 32.2 Å². The zero-order valence-electron chi connectivity index (χ0n) is 14.0. The lowest BCUT2D eigenvalue weighted by atomic mass is 9.99. The maximum Gasteiger partial charge on any atom is 0.156 e. The molecule has 1 fully saturated rings. The minimum atomic E-state index is 0.341. The van der Waals surface area contributed by atoms with Gasteiger partial charge in [-0.25, -0.2) is 0 Å². The minimum Gasteiger partial charge on any atom is -0.319 e. The minimum absolute atomic E-state index is 0.341. The number of nitrogens with zero attached hydrogens (tertiary/aromatic N) is 4. The molecule has 0 aliphatic carbocycles. The second-order valence-electron chi connectivity index (χ2n) is 6.32. The Hall–Kier alpha value is -2.37. The van der Waals surface area contributed by atoms with E-state index in [4.69, 9.17) is 23.8 Å². The van der Waals surface area contributed by atoms with Crippen molar-refractivity contribution in [2.45, 2.75) is 12.8 Å². The summed E-state index contributed by atoms with van der Waals surface area (Å²) in [4.78, 5) is 7.06. The molecule has 0 amide bonds. The van der Waals surface area contributed by atoms with Gasteiger partial charge in [0.2, 0.25) is 0 Å². The van der Waals surface area contributed by atoms with Crippen LogP contribution in [-0.2, 0) is 6.42 Å². The first kappa shape index (κ1) is 17.1. The summed E-state index contributed by atoms with van der Waals surface area (Å²) in [7, 11) is 0. The number of pyridine rings is 1. The maximum absolute atomic E-state index is 5.96. The number of anilines is 1. The summed E-state index contributed by atoms with van der Waals surface area (Å²) in [6.07, 6.45) is 5.45. The highest BCUT2D eigenvalue weighted by molar-refractivity contribution is 7.80. The lowest BCUT2D eigenvalue weighted by molar-refractivity contribution is 0.689. The summed E-state index contributed by atoms with van der Waals surface area (Å²) in [6, 6.07) is 15.8. The molecule has 0 spiro atoms. The molecule has 130 valence electrons. The highest BCUT2D eigenvalue weighted by Gasteiger charge is 2.29. The molecule has 3 aromatic rings. The zero-order valence-corrected chi connectivity index (χ0v) is 15.6. The molecule has 1 unspecified atom stereocenters. The molecule has 2 aromatic heterocycles. The predicted octanol–water partition coefficient (Wildman–Crippen LogP) is 4.59. The van der Waals surface area contributed by atoms with Crippen LogP contribution in [0.25, 0.3) is 11.3 Å². The average Bonchev–Trinajstić information content (AvgIpc) is 3.05. The molecule has 26 heavy (non-hydrogen) atoms. The number of hydrogen-bond donors (Lipinski definition) is 0. The summed E-state index contributed by atoms with van der Waals surface area (Å²) in [5, 5.41) is 9.50. The maximum atomic E-state index is 5.96. The van der Waals surface area contributed by atoms with Crippen molar-refractivity contribution < 1.29 is 0 Å². The zero-order chi connectivity index (χ0) is 17.9. The van der Waals surface area contributed by atoms with Crippen LogP contribution in [0.15, 0.2) is 60.9 Å². The topological polar surface area (TPSA) is 41.9 Å². The highest BCUT2D eigenvalue weighted by Crippen LogP contribution is 2.28. The van der Waals surface area contributed by atoms with E-state index in [1.165, 1.54) is 5.56 Å². The van der Waals surface area contributed by atoms with Crippen molar-refractivity contribution in [2.24, 2.45) is 5.92 Å². The quantitative estimate of drug-likeness (QED) is 0.619. The molecular formula is C20H17ClN4S. The van der Waals surface area contributed by atoms with Crippen molar-refractivity contribution in [3.8, 4) is 11.3 Å². The van der Waals surface area contributed by atoms with Crippen LogP contribution in [0.4, 0.5) is 5.82 Å². The molecule has 4 nitrogen and oxygen atoms in total. The number of aromatic nitrogens is 3. The van der Waals surface area contributed by atoms with Crippen molar-refractivity contribution in [3.05, 3.63) is 71.5 Å². The Bertz CT molecular complexity index is 897. The number of rotatable bonds is 4. The lowest BCUT2D eigenvalue weighted by Crippen LogP contribution is -2.27. The van der Waals surface area contributed by atoms with Crippen LogP contribution in [0.3, 0.4) is 0 Å². The van der Waals surface area contributed by atoms with Gasteiger partial charge in [0, 0.05) is 35.4 Å². The molecule has 1 aliphatic heterocycles. The fraction of sp³-hybridized carbons (Fsp3) is 0.200. The fourth-order valence-electron chi connectivity index (χ4n) is 3.21. The monoisotopic (exact) mass is 380 g/mol. The Morgan fingerprint density at radius 3 is 2.46 bits per heavy atom. The van der Waals surface area contributed by atoms with Gasteiger partial charge in [0.25, 0.3) is 0 Å². The molecule has 4 rings (SSSR count). The Morgan fingerprint density at radius 1 is 1.00 bits per heavy atom. The predicted molar refractivity (Wildman–Crippen MR) is 108 cm³/mol. The summed E-state index contributed by atoms with van der Waals surface area (Å²) < 4.78 is 0. The molecule has 1 aromatic carbocycles. The molecule has 0 N–H and O–H groups in total. The van der Waals surface area contributed by atoms with E-state index in [0.29, 0.717) is 5.92 Å². The molecule has 0 bridgehead atoms. The largest absolute Gasteiger partial charge is 0.319 e. The first-order valence-electron chi connectivity index (χ1n) is 8.50. The summed E-state index contributed by atoms with van der Waals surface area (Å²) in [5.74, 6) is 1.15. The summed E-state index contributed by atoms with van der Waals surface area (Å²) in [5.41, 5.74) is 3.09. The van der Waals surface area contributed by atoms with Gasteiger partial charge >= 0.3 is 0 Å². The molecular weight excluding hydrogens is 364 g/mol. The summed E-state index contributed by atoms with van der Waals surface area (Å²) >= 11 is 11.7. The lowest BCUT2D eigenvalue weighted by Gasteiger charge is -2.18. The number of hydrogen-bond acceptors (Lipinski definition) is 4. The van der Waals surface area contributed by atoms with Gasteiger partial charge in [0.05, 0.1) is 10.7 Å². The van der Waals surface area contributed by atoms with Crippen LogP contribution in [0.1, 0.15) is 12.0 Å². The number of thiocarbonyl (C=S) groups is 1. The second kappa shape index (κ2) is 7.48. The number of halogens is 1. The van der Waals surface area contributed by atoms with Gasteiger partial charge in [-0.1, -0.05) is 36.0 Å². The van der Waals surface area contributed by atoms with Gasteiger partial charge in [-0.15, -0.1) is 10.2 Å². The fourth-order valence-corrected chi connectivity index (χ4v) is 3.72. The van der Waals surface area contributed by atoms with E-state index < -0.39 is 0 Å². The van der Waals surface area contributed by atoms with Gasteiger partial charge in [-0.3, -0.25) is 4.98 Å². The van der Waals surface area contributed by atoms with Crippen LogP contribution < -0.4 is 4.90 Å². The van der Waals surface area contributed by atoms with Crippen molar-refractivity contribution in [1.82, 2.24) is 15.2 Å². The van der Waals surface area contributed by atoms with Gasteiger partial charge in [-0.2, -0.15) is 0 Å². The molecule has 1 aliphatic rings. The van der Waals surface area contributed by atoms with Crippen LogP contribution in [-0.4, -0.2) is 26.7 Å². The van der Waals surface area contributed by atoms with Gasteiger partial charge in [-0.05, 0) is 54.8 Å². The van der Waals surface area contributed by atoms with E-state index in [9.17, 15) is 0 Å². The molecule has 6 heteroatoms. The Balaban J connectivity index is 1.47. The smallest absolute Gasteiger partial charge is 0.156 e. The van der Waals surface area contributed by atoms with Crippen LogP contribution in [0.2, 0.25) is 5.02 Å². The standard InChI is InChI=1S/C20H17ClN4S/c21-17-3-1-14(2-4-17)13-16-9-12-25(20(16)26)19-6-5-18(23-24-19)15-7-10-22-11-8-15/h1-8,10-11,16H,9,12-13H2. The van der Waals surface area contributed by atoms with Crippen LogP contribution in [0, 0.1) is 5.92 Å². The SMILES string of the molecule is S=C1C(Cc2ccc(Cl)cc2)CCN1c1ccc(-c2ccncc2)nn1.